The van der Waals surface area contributed by atoms with Gasteiger partial charge in [-0.3, -0.25) is 4.99 Å². The summed E-state index contributed by atoms with van der Waals surface area (Å²) >= 11 is 0. The highest BCUT2D eigenvalue weighted by molar-refractivity contribution is 5.80. The summed E-state index contributed by atoms with van der Waals surface area (Å²) in [4.78, 5) is 4.46. The normalized spacial score (nSPS) is 29.4. The second-order valence-electron chi connectivity index (χ2n) is 3.76. The maximum absolute atomic E-state index is 4.46. The molecule has 2 aliphatic rings. The van der Waals surface area contributed by atoms with Gasteiger partial charge < -0.3 is 0 Å². The van der Waals surface area contributed by atoms with Crippen molar-refractivity contribution in [3.63, 3.8) is 0 Å². The molecule has 1 heteroatoms. The van der Waals surface area contributed by atoms with Gasteiger partial charge >= 0.3 is 0 Å². The molecule has 64 valence electrons. The van der Waals surface area contributed by atoms with Gasteiger partial charge in [0.15, 0.2) is 0 Å². The maximum atomic E-state index is 4.46. The number of benzene rings is 1. The molecule has 0 aromatic heterocycles. The summed E-state index contributed by atoms with van der Waals surface area (Å²) in [6.45, 7) is 0. The Labute approximate surface area is 77.8 Å². The zero-order chi connectivity index (χ0) is 8.67. The van der Waals surface area contributed by atoms with E-state index in [9.17, 15) is 0 Å². The van der Waals surface area contributed by atoms with Crippen molar-refractivity contribution in [2.45, 2.75) is 6.42 Å². The number of fused-ring (bicyclic) bond motifs is 1. The second-order valence-corrected chi connectivity index (χ2v) is 3.76. The van der Waals surface area contributed by atoms with Gasteiger partial charge in [-0.05, 0) is 17.9 Å². The van der Waals surface area contributed by atoms with Crippen LogP contribution in [0.5, 0.6) is 0 Å². The molecule has 1 aliphatic carbocycles. The Kier molecular flexibility index (Phi) is 1.39. The average Bonchev–Trinajstić information content (AvgIpc) is 2.96. The second kappa shape index (κ2) is 2.56. The van der Waals surface area contributed by atoms with Crippen LogP contribution in [0.1, 0.15) is 12.0 Å². The molecular weight excluding hydrogens is 158 g/mol. The molecular formula is C12H11N. The largest absolute Gasteiger partial charge is 0.261 e. The molecule has 0 amide bonds. The predicted molar refractivity (Wildman–Crippen MR) is 54.5 cm³/mol. The van der Waals surface area contributed by atoms with Gasteiger partial charge in [0.1, 0.15) is 0 Å². The van der Waals surface area contributed by atoms with E-state index in [2.05, 4.69) is 41.5 Å². The molecule has 2 atom stereocenters. The van der Waals surface area contributed by atoms with Crippen molar-refractivity contribution >= 4 is 11.9 Å². The Hall–Kier alpha value is -1.37. The fourth-order valence-electron chi connectivity index (χ4n) is 1.80. The Bertz CT molecular complexity index is 375. The predicted octanol–water partition coefficient (Wildman–Crippen LogP) is 2.75. The first-order valence-electron chi connectivity index (χ1n) is 4.75. The fourth-order valence-corrected chi connectivity index (χ4v) is 1.80. The SMILES string of the molecule is C1=NC(c2ccccc2)=CC2CC12. The lowest BCUT2D eigenvalue weighted by atomic mass is 10.1. The summed E-state index contributed by atoms with van der Waals surface area (Å²) in [6.07, 6.45) is 5.72. The summed E-state index contributed by atoms with van der Waals surface area (Å²) in [7, 11) is 0. The smallest absolute Gasteiger partial charge is 0.0661 e. The molecule has 1 fully saturated rings. The molecule has 1 nitrogen and oxygen atoms in total. The lowest BCUT2D eigenvalue weighted by Gasteiger charge is -2.04. The molecule has 0 spiro atoms. The number of allylic oxidation sites excluding steroid dienone is 1. The van der Waals surface area contributed by atoms with E-state index in [-0.39, 0.29) is 0 Å². The molecule has 3 rings (SSSR count). The molecule has 0 radical (unpaired) electrons. The first-order valence-corrected chi connectivity index (χ1v) is 4.75. The Morgan fingerprint density at radius 2 is 1.92 bits per heavy atom. The van der Waals surface area contributed by atoms with E-state index in [0.717, 1.165) is 17.5 Å². The number of rotatable bonds is 1. The van der Waals surface area contributed by atoms with Crippen LogP contribution in [0.4, 0.5) is 0 Å². The first kappa shape index (κ1) is 7.07. The standard InChI is InChI=1S/C12H11N/c1-2-4-9(5-3-1)12-7-10-6-11(10)8-13-12/h1-5,7-8,10-11H,6H2. The van der Waals surface area contributed by atoms with Gasteiger partial charge in [-0.1, -0.05) is 36.4 Å². The summed E-state index contributed by atoms with van der Waals surface area (Å²) < 4.78 is 0. The summed E-state index contributed by atoms with van der Waals surface area (Å²) in [6, 6.07) is 10.4. The van der Waals surface area contributed by atoms with Gasteiger partial charge in [-0.15, -0.1) is 0 Å². The highest BCUT2D eigenvalue weighted by Crippen LogP contribution is 2.43. The van der Waals surface area contributed by atoms with Crippen LogP contribution in [-0.4, -0.2) is 6.21 Å². The van der Waals surface area contributed by atoms with E-state index in [0.29, 0.717) is 0 Å². The van der Waals surface area contributed by atoms with E-state index < -0.39 is 0 Å². The monoisotopic (exact) mass is 169 g/mol. The minimum atomic E-state index is 0.757. The summed E-state index contributed by atoms with van der Waals surface area (Å²) in [5.41, 5.74) is 2.39. The molecule has 0 bridgehead atoms. The quantitative estimate of drug-likeness (QED) is 0.613. The van der Waals surface area contributed by atoms with Gasteiger partial charge in [0, 0.05) is 12.1 Å². The van der Waals surface area contributed by atoms with E-state index in [1.807, 2.05) is 6.07 Å². The number of aliphatic imine (C=N–C) groups is 1. The minimum Gasteiger partial charge on any atom is -0.261 e. The number of hydrogen-bond acceptors (Lipinski definition) is 1. The van der Waals surface area contributed by atoms with Gasteiger partial charge in [-0.2, -0.15) is 0 Å². The average molecular weight is 169 g/mol. The number of nitrogens with zero attached hydrogens (tertiary/aromatic N) is 1. The molecule has 13 heavy (non-hydrogen) atoms. The first-order chi connectivity index (χ1) is 6.43. The van der Waals surface area contributed by atoms with Crippen LogP contribution >= 0.6 is 0 Å². The van der Waals surface area contributed by atoms with Crippen LogP contribution in [0, 0.1) is 11.8 Å². The molecule has 1 aromatic carbocycles. The van der Waals surface area contributed by atoms with Gasteiger partial charge in [0.2, 0.25) is 0 Å². The summed E-state index contributed by atoms with van der Waals surface area (Å²) in [5, 5.41) is 0. The van der Waals surface area contributed by atoms with Crippen LogP contribution in [0.15, 0.2) is 41.4 Å². The van der Waals surface area contributed by atoms with Crippen LogP contribution in [-0.2, 0) is 0 Å². The third-order valence-corrected chi connectivity index (χ3v) is 2.74. The topological polar surface area (TPSA) is 12.4 Å². The fraction of sp³-hybridized carbons (Fsp3) is 0.250. The molecule has 2 unspecified atom stereocenters. The third kappa shape index (κ3) is 1.21. The van der Waals surface area contributed by atoms with E-state index in [4.69, 9.17) is 0 Å². The van der Waals surface area contributed by atoms with Crippen LogP contribution in [0.2, 0.25) is 0 Å². The van der Waals surface area contributed by atoms with Crippen molar-refractivity contribution < 1.29 is 0 Å². The lowest BCUT2D eigenvalue weighted by Crippen LogP contribution is -1.91. The Balaban J connectivity index is 1.98. The van der Waals surface area contributed by atoms with Crippen LogP contribution in [0.25, 0.3) is 5.70 Å². The zero-order valence-electron chi connectivity index (χ0n) is 7.35. The zero-order valence-corrected chi connectivity index (χ0v) is 7.35. The van der Waals surface area contributed by atoms with Crippen molar-refractivity contribution in [1.29, 1.82) is 0 Å². The Morgan fingerprint density at radius 3 is 2.69 bits per heavy atom. The molecule has 1 saturated carbocycles. The molecule has 1 heterocycles. The van der Waals surface area contributed by atoms with Crippen molar-refractivity contribution in [1.82, 2.24) is 0 Å². The minimum absolute atomic E-state index is 0.757. The number of hydrogen-bond donors (Lipinski definition) is 0. The van der Waals surface area contributed by atoms with E-state index in [1.54, 1.807) is 0 Å². The van der Waals surface area contributed by atoms with Crippen LogP contribution < -0.4 is 0 Å². The van der Waals surface area contributed by atoms with Crippen molar-refractivity contribution in [3.05, 3.63) is 42.0 Å². The van der Waals surface area contributed by atoms with Gasteiger partial charge in [0.05, 0.1) is 5.70 Å². The highest BCUT2D eigenvalue weighted by atomic mass is 14.8. The van der Waals surface area contributed by atoms with Crippen LogP contribution in [0.3, 0.4) is 0 Å². The lowest BCUT2D eigenvalue weighted by molar-refractivity contribution is 1.03. The molecule has 0 N–H and O–H groups in total. The summed E-state index contributed by atoms with van der Waals surface area (Å²) in [5.74, 6) is 1.54. The Morgan fingerprint density at radius 1 is 1.08 bits per heavy atom. The third-order valence-electron chi connectivity index (χ3n) is 2.74. The molecule has 1 aromatic rings. The van der Waals surface area contributed by atoms with Crippen molar-refractivity contribution in [2.75, 3.05) is 0 Å². The van der Waals surface area contributed by atoms with Gasteiger partial charge in [0.25, 0.3) is 0 Å². The molecule has 0 saturated heterocycles. The van der Waals surface area contributed by atoms with Crippen molar-refractivity contribution in [3.8, 4) is 0 Å². The van der Waals surface area contributed by atoms with Crippen molar-refractivity contribution in [2.24, 2.45) is 16.8 Å². The van der Waals surface area contributed by atoms with E-state index in [1.165, 1.54) is 12.0 Å². The van der Waals surface area contributed by atoms with Gasteiger partial charge in [-0.25, -0.2) is 0 Å². The molecule has 1 aliphatic heterocycles. The van der Waals surface area contributed by atoms with E-state index >= 15 is 0 Å². The maximum Gasteiger partial charge on any atom is 0.0661 e. The highest BCUT2D eigenvalue weighted by Gasteiger charge is 2.36.